The summed E-state index contributed by atoms with van der Waals surface area (Å²) >= 11 is 5.99. The number of ether oxygens (including phenoxy) is 1. The van der Waals surface area contributed by atoms with Crippen LogP contribution in [0.1, 0.15) is 25.3 Å². The van der Waals surface area contributed by atoms with Crippen LogP contribution < -0.4 is 15.4 Å². The summed E-state index contributed by atoms with van der Waals surface area (Å²) in [5.41, 5.74) is -0.441. The number of fused-ring (bicyclic) bond motifs is 2. The summed E-state index contributed by atoms with van der Waals surface area (Å²) in [7, 11) is 0. The zero-order chi connectivity index (χ0) is 13.6. The monoisotopic (exact) mass is 280 g/mol. The van der Waals surface area contributed by atoms with Gasteiger partial charge in [-0.2, -0.15) is 0 Å². The predicted molar refractivity (Wildman–Crippen MR) is 69.1 cm³/mol. The number of nitrogens with one attached hydrogen (secondary N) is 2. The van der Waals surface area contributed by atoms with Crippen LogP contribution in [0.2, 0.25) is 5.02 Å². The highest BCUT2D eigenvalue weighted by Crippen LogP contribution is 2.42. The molecule has 2 aliphatic rings. The Labute approximate surface area is 115 Å². The molecule has 0 radical (unpaired) electrons. The van der Waals surface area contributed by atoms with Crippen LogP contribution in [0.5, 0.6) is 5.75 Å². The van der Waals surface area contributed by atoms with E-state index in [4.69, 9.17) is 16.3 Å². The molecule has 0 saturated carbocycles. The molecule has 0 aliphatic carbocycles. The maximum atomic E-state index is 12.2. The van der Waals surface area contributed by atoms with Gasteiger partial charge in [0, 0.05) is 17.0 Å². The Kier molecular flexibility index (Phi) is 2.67. The minimum absolute atomic E-state index is 0.113. The van der Waals surface area contributed by atoms with E-state index < -0.39 is 11.6 Å². The van der Waals surface area contributed by atoms with Crippen molar-refractivity contribution < 1.29 is 14.3 Å². The van der Waals surface area contributed by atoms with E-state index in [-0.39, 0.29) is 12.0 Å². The summed E-state index contributed by atoms with van der Waals surface area (Å²) < 4.78 is 5.82. The van der Waals surface area contributed by atoms with E-state index in [1.54, 1.807) is 18.2 Å². The second-order valence-electron chi connectivity index (χ2n) is 4.81. The van der Waals surface area contributed by atoms with Crippen LogP contribution in [0, 0.1) is 0 Å². The van der Waals surface area contributed by atoms with Gasteiger partial charge in [-0.3, -0.25) is 10.1 Å². The minimum atomic E-state index is -1.06. The molecule has 1 aromatic rings. The lowest BCUT2D eigenvalue weighted by atomic mass is 9.81. The molecule has 1 spiro atoms. The molecule has 2 unspecified atom stereocenters. The van der Waals surface area contributed by atoms with Crippen molar-refractivity contribution in [2.24, 2.45) is 0 Å². The number of carbonyl (C=O) groups is 2. The fraction of sp³-hybridized carbons (Fsp3) is 0.385. The first-order chi connectivity index (χ1) is 9.05. The summed E-state index contributed by atoms with van der Waals surface area (Å²) in [4.78, 5) is 23.7. The lowest BCUT2D eigenvalue weighted by molar-refractivity contribution is -0.126. The molecule has 2 aliphatic heterocycles. The number of halogens is 1. The highest BCUT2D eigenvalue weighted by Gasteiger charge is 2.52. The Bertz CT molecular complexity index is 575. The molecule has 0 aromatic heterocycles. The zero-order valence-electron chi connectivity index (χ0n) is 10.3. The number of benzene rings is 1. The Hall–Kier alpha value is -1.75. The molecule has 6 heteroatoms. The molecule has 1 fully saturated rings. The summed E-state index contributed by atoms with van der Waals surface area (Å²) in [6.07, 6.45) is 1.05. The van der Waals surface area contributed by atoms with Gasteiger partial charge >= 0.3 is 6.03 Å². The van der Waals surface area contributed by atoms with Gasteiger partial charge in [0.25, 0.3) is 5.91 Å². The van der Waals surface area contributed by atoms with Crippen molar-refractivity contribution in [1.29, 1.82) is 0 Å². The number of imide groups is 1. The van der Waals surface area contributed by atoms with Gasteiger partial charge < -0.3 is 10.1 Å². The van der Waals surface area contributed by atoms with Crippen LogP contribution in [0.4, 0.5) is 4.79 Å². The number of amides is 3. The lowest BCUT2D eigenvalue weighted by Crippen LogP contribution is -2.50. The van der Waals surface area contributed by atoms with Gasteiger partial charge in [0.15, 0.2) is 5.54 Å². The average Bonchev–Trinajstić information content (AvgIpc) is 2.65. The van der Waals surface area contributed by atoms with Crippen LogP contribution in [0.25, 0.3) is 0 Å². The number of hydrogen-bond donors (Lipinski definition) is 2. The highest BCUT2D eigenvalue weighted by molar-refractivity contribution is 6.30. The van der Waals surface area contributed by atoms with Gasteiger partial charge in [-0.15, -0.1) is 0 Å². The maximum absolute atomic E-state index is 12.2. The largest absolute Gasteiger partial charge is 0.490 e. The first-order valence-electron chi connectivity index (χ1n) is 6.15. The van der Waals surface area contributed by atoms with Crippen LogP contribution in [0.15, 0.2) is 18.2 Å². The third kappa shape index (κ3) is 1.76. The summed E-state index contributed by atoms with van der Waals surface area (Å²) in [6, 6.07) is 4.64. The first-order valence-corrected chi connectivity index (χ1v) is 6.53. The molecule has 19 heavy (non-hydrogen) atoms. The van der Waals surface area contributed by atoms with Crippen LogP contribution in [-0.2, 0) is 10.3 Å². The second kappa shape index (κ2) is 4.13. The van der Waals surface area contributed by atoms with Gasteiger partial charge in [-0.1, -0.05) is 18.5 Å². The predicted octanol–water partition coefficient (Wildman–Crippen LogP) is 1.94. The van der Waals surface area contributed by atoms with Crippen molar-refractivity contribution in [1.82, 2.24) is 10.6 Å². The molecule has 2 atom stereocenters. The standard InChI is InChI=1S/C13H13ClN2O3/c1-2-8-6-13(11(17)15-12(18)16-13)9-5-7(14)3-4-10(9)19-8/h3-5,8H,2,6H2,1H3,(H2,15,16,17,18). The SMILES string of the molecule is CCC1CC2(NC(=O)NC2=O)c2cc(Cl)ccc2O1. The Balaban J connectivity index is 2.17. The van der Waals surface area contributed by atoms with Crippen LogP contribution in [-0.4, -0.2) is 18.0 Å². The summed E-state index contributed by atoms with van der Waals surface area (Å²) in [5, 5.41) is 5.53. The van der Waals surface area contributed by atoms with Gasteiger partial charge in [-0.05, 0) is 24.6 Å². The molecule has 0 bridgehead atoms. The van der Waals surface area contributed by atoms with Crippen LogP contribution >= 0.6 is 11.6 Å². The van der Waals surface area contributed by atoms with E-state index in [0.717, 1.165) is 6.42 Å². The zero-order valence-corrected chi connectivity index (χ0v) is 11.1. The molecule has 3 rings (SSSR count). The molecule has 1 saturated heterocycles. The molecule has 5 nitrogen and oxygen atoms in total. The summed E-state index contributed by atoms with van der Waals surface area (Å²) in [6.45, 7) is 1.98. The number of urea groups is 1. The quantitative estimate of drug-likeness (QED) is 0.773. The normalized spacial score (nSPS) is 28.6. The average molecular weight is 281 g/mol. The Morgan fingerprint density at radius 2 is 2.26 bits per heavy atom. The van der Waals surface area contributed by atoms with Crippen molar-refractivity contribution in [2.75, 3.05) is 0 Å². The third-order valence-electron chi connectivity index (χ3n) is 3.63. The van der Waals surface area contributed by atoms with E-state index in [1.165, 1.54) is 0 Å². The number of carbonyl (C=O) groups excluding carboxylic acids is 2. The number of rotatable bonds is 1. The first kappa shape index (κ1) is 12.3. The Morgan fingerprint density at radius 1 is 1.47 bits per heavy atom. The van der Waals surface area contributed by atoms with Gasteiger partial charge in [0.1, 0.15) is 11.9 Å². The molecular weight excluding hydrogens is 268 g/mol. The van der Waals surface area contributed by atoms with Gasteiger partial charge in [0.2, 0.25) is 0 Å². The maximum Gasteiger partial charge on any atom is 0.322 e. The molecule has 2 heterocycles. The molecule has 100 valence electrons. The van der Waals surface area contributed by atoms with Crippen molar-refractivity contribution in [2.45, 2.75) is 31.4 Å². The topological polar surface area (TPSA) is 67.4 Å². The van der Waals surface area contributed by atoms with E-state index in [2.05, 4.69) is 10.6 Å². The second-order valence-corrected chi connectivity index (χ2v) is 5.24. The molecule has 1 aromatic carbocycles. The van der Waals surface area contributed by atoms with Crippen molar-refractivity contribution in [3.63, 3.8) is 0 Å². The van der Waals surface area contributed by atoms with Gasteiger partial charge in [0.05, 0.1) is 0 Å². The van der Waals surface area contributed by atoms with E-state index in [9.17, 15) is 9.59 Å². The molecular formula is C13H13ClN2O3. The number of hydrogen-bond acceptors (Lipinski definition) is 3. The van der Waals surface area contributed by atoms with Crippen molar-refractivity contribution in [3.05, 3.63) is 28.8 Å². The minimum Gasteiger partial charge on any atom is -0.490 e. The van der Waals surface area contributed by atoms with Gasteiger partial charge in [-0.25, -0.2) is 4.79 Å². The third-order valence-corrected chi connectivity index (χ3v) is 3.86. The van der Waals surface area contributed by atoms with E-state index in [0.29, 0.717) is 22.8 Å². The fourth-order valence-corrected chi connectivity index (χ4v) is 2.84. The smallest absolute Gasteiger partial charge is 0.322 e. The molecule has 3 amide bonds. The molecule has 2 N–H and O–H groups in total. The lowest BCUT2D eigenvalue weighted by Gasteiger charge is -2.37. The fourth-order valence-electron chi connectivity index (χ4n) is 2.66. The Morgan fingerprint density at radius 3 is 2.89 bits per heavy atom. The summed E-state index contributed by atoms with van der Waals surface area (Å²) in [5.74, 6) is 0.252. The van der Waals surface area contributed by atoms with E-state index >= 15 is 0 Å². The van der Waals surface area contributed by atoms with Crippen molar-refractivity contribution in [3.8, 4) is 5.75 Å². The highest BCUT2D eigenvalue weighted by atomic mass is 35.5. The van der Waals surface area contributed by atoms with E-state index in [1.807, 2.05) is 6.92 Å². The van der Waals surface area contributed by atoms with Crippen molar-refractivity contribution >= 4 is 23.5 Å². The van der Waals surface area contributed by atoms with Crippen LogP contribution in [0.3, 0.4) is 0 Å².